The van der Waals surface area contributed by atoms with Crippen molar-refractivity contribution >= 4 is 28.5 Å². The normalized spacial score (nSPS) is 13.4. The number of hydrogen-bond acceptors (Lipinski definition) is 8. The number of fused-ring (bicyclic) bond motifs is 1. The molecule has 0 radical (unpaired) electrons. The van der Waals surface area contributed by atoms with Crippen LogP contribution in [-0.2, 0) is 4.74 Å². The Labute approximate surface area is 213 Å². The third-order valence-electron chi connectivity index (χ3n) is 6.27. The minimum absolute atomic E-state index is 0.0390. The third-order valence-corrected chi connectivity index (χ3v) is 6.27. The van der Waals surface area contributed by atoms with Gasteiger partial charge in [-0.3, -0.25) is 9.78 Å². The van der Waals surface area contributed by atoms with Gasteiger partial charge in [-0.2, -0.15) is 0 Å². The molecule has 1 aliphatic heterocycles. The molecule has 1 fully saturated rings. The maximum absolute atomic E-state index is 13.5. The van der Waals surface area contributed by atoms with Crippen LogP contribution in [0.25, 0.3) is 21.9 Å². The lowest BCUT2D eigenvalue weighted by Crippen LogP contribution is -2.49. The number of carbonyl (C=O) groups is 2. The van der Waals surface area contributed by atoms with Crippen LogP contribution in [0.3, 0.4) is 0 Å². The molecule has 9 nitrogen and oxygen atoms in total. The van der Waals surface area contributed by atoms with E-state index in [4.69, 9.17) is 4.74 Å². The average molecular weight is 496 g/mol. The van der Waals surface area contributed by atoms with E-state index in [1.807, 2.05) is 46.2 Å². The molecule has 0 saturated carbocycles. The van der Waals surface area contributed by atoms with E-state index in [-0.39, 0.29) is 24.0 Å². The van der Waals surface area contributed by atoms with E-state index in [0.717, 1.165) is 21.9 Å². The van der Waals surface area contributed by atoms with Crippen LogP contribution in [0, 0.1) is 0 Å². The van der Waals surface area contributed by atoms with Crippen molar-refractivity contribution < 1.29 is 19.4 Å². The molecule has 37 heavy (non-hydrogen) atoms. The highest BCUT2D eigenvalue weighted by atomic mass is 16.5. The molecule has 9 heteroatoms. The van der Waals surface area contributed by atoms with E-state index in [2.05, 4.69) is 21.8 Å². The van der Waals surface area contributed by atoms with Crippen LogP contribution < -0.4 is 4.90 Å². The summed E-state index contributed by atoms with van der Waals surface area (Å²) in [5.74, 6) is 0.143. The maximum Gasteiger partial charge on any atom is 0.359 e. The number of carbonyl (C=O) groups excluding carboxylic acids is 2. The van der Waals surface area contributed by atoms with Crippen molar-refractivity contribution in [3.8, 4) is 16.9 Å². The van der Waals surface area contributed by atoms with Crippen LogP contribution >= 0.6 is 0 Å². The topological polar surface area (TPSA) is 109 Å². The first-order chi connectivity index (χ1) is 18.0. The molecular weight excluding hydrogens is 470 g/mol. The Bertz CT molecular complexity index is 1460. The fraction of sp³-hybridized carbons (Fsp3) is 0.179. The summed E-state index contributed by atoms with van der Waals surface area (Å²) < 4.78 is 4.98. The molecule has 2 aromatic carbocycles. The summed E-state index contributed by atoms with van der Waals surface area (Å²) >= 11 is 0. The minimum Gasteiger partial charge on any atom is -0.506 e. The predicted molar refractivity (Wildman–Crippen MR) is 139 cm³/mol. The fourth-order valence-electron chi connectivity index (χ4n) is 4.43. The van der Waals surface area contributed by atoms with Gasteiger partial charge in [0.05, 0.1) is 6.20 Å². The number of anilines is 1. The molecule has 1 aliphatic rings. The van der Waals surface area contributed by atoms with Crippen molar-refractivity contribution in [1.82, 2.24) is 20.1 Å². The number of piperazine rings is 1. The summed E-state index contributed by atoms with van der Waals surface area (Å²) in [6, 6.07) is 16.5. The molecule has 0 unspecified atom stereocenters. The Kier molecular flexibility index (Phi) is 6.76. The van der Waals surface area contributed by atoms with Crippen LogP contribution in [0.4, 0.5) is 5.82 Å². The van der Waals surface area contributed by atoms with Gasteiger partial charge >= 0.3 is 5.97 Å². The second-order valence-corrected chi connectivity index (χ2v) is 8.58. The van der Waals surface area contributed by atoms with Gasteiger partial charge in [0.1, 0.15) is 12.4 Å². The zero-order chi connectivity index (χ0) is 25.8. The minimum atomic E-state index is -0.548. The molecule has 3 heterocycles. The van der Waals surface area contributed by atoms with Crippen molar-refractivity contribution in [2.45, 2.75) is 0 Å². The Balaban J connectivity index is 1.31. The highest BCUT2D eigenvalue weighted by molar-refractivity contribution is 6.11. The van der Waals surface area contributed by atoms with Gasteiger partial charge in [0.25, 0.3) is 5.91 Å². The van der Waals surface area contributed by atoms with E-state index in [9.17, 15) is 14.7 Å². The standard InChI is InChI=1S/C28H25N5O4/c1-2-15-37-28(36)25-9-10-26(31-30-25)32-11-13-33(14-12-32)27(35)24-8-7-21(19-16-20(34)18-29-17-19)22-5-3-4-6-23(22)24/h2-10,16-18,34H,1,11-15H2. The van der Waals surface area contributed by atoms with Gasteiger partial charge in [-0.1, -0.05) is 43.0 Å². The molecule has 5 rings (SSSR count). The van der Waals surface area contributed by atoms with Gasteiger partial charge in [0.2, 0.25) is 0 Å². The van der Waals surface area contributed by atoms with E-state index in [1.165, 1.54) is 12.3 Å². The predicted octanol–water partition coefficient (Wildman–Crippen LogP) is 3.70. The fourth-order valence-corrected chi connectivity index (χ4v) is 4.43. The second-order valence-electron chi connectivity index (χ2n) is 8.58. The van der Waals surface area contributed by atoms with Gasteiger partial charge in [-0.25, -0.2) is 4.79 Å². The summed E-state index contributed by atoms with van der Waals surface area (Å²) in [7, 11) is 0. The molecule has 2 aromatic heterocycles. The third kappa shape index (κ3) is 4.97. The number of ether oxygens (including phenoxy) is 1. The highest BCUT2D eigenvalue weighted by Crippen LogP contribution is 2.32. The SMILES string of the molecule is C=CCOC(=O)c1ccc(N2CCN(C(=O)c3ccc(-c4cncc(O)c4)c4ccccc34)CC2)nn1. The lowest BCUT2D eigenvalue weighted by atomic mass is 9.95. The van der Waals surface area contributed by atoms with Crippen molar-refractivity contribution in [1.29, 1.82) is 0 Å². The van der Waals surface area contributed by atoms with E-state index >= 15 is 0 Å². The first-order valence-electron chi connectivity index (χ1n) is 11.9. The Morgan fingerprint density at radius 2 is 1.76 bits per heavy atom. The van der Waals surface area contributed by atoms with Crippen LogP contribution in [0.15, 0.2) is 79.6 Å². The smallest absolute Gasteiger partial charge is 0.359 e. The molecular formula is C28H25N5O4. The molecule has 1 N–H and O–H groups in total. The maximum atomic E-state index is 13.5. The number of nitrogens with zero attached hydrogens (tertiary/aromatic N) is 5. The number of esters is 1. The van der Waals surface area contributed by atoms with Gasteiger partial charge in [-0.05, 0) is 40.6 Å². The number of aromatic hydroxyl groups is 1. The van der Waals surface area contributed by atoms with E-state index in [0.29, 0.717) is 37.6 Å². The Hall–Kier alpha value is -4.79. The Morgan fingerprint density at radius 1 is 0.973 bits per heavy atom. The van der Waals surface area contributed by atoms with Gasteiger partial charge in [0, 0.05) is 43.5 Å². The molecule has 0 bridgehead atoms. The molecule has 186 valence electrons. The van der Waals surface area contributed by atoms with Crippen molar-refractivity contribution in [2.75, 3.05) is 37.7 Å². The van der Waals surface area contributed by atoms with Gasteiger partial charge < -0.3 is 19.6 Å². The van der Waals surface area contributed by atoms with Crippen LogP contribution in [0.5, 0.6) is 5.75 Å². The number of aromatic nitrogens is 3. The average Bonchev–Trinajstić information content (AvgIpc) is 2.95. The van der Waals surface area contributed by atoms with E-state index < -0.39 is 5.97 Å². The summed E-state index contributed by atoms with van der Waals surface area (Å²) in [6.07, 6.45) is 4.58. The molecule has 4 aromatic rings. The number of rotatable bonds is 6. The van der Waals surface area contributed by atoms with Crippen molar-refractivity contribution in [3.63, 3.8) is 0 Å². The Morgan fingerprint density at radius 3 is 2.46 bits per heavy atom. The molecule has 0 atom stereocenters. The first kappa shape index (κ1) is 23.9. The lowest BCUT2D eigenvalue weighted by molar-refractivity contribution is 0.0541. The second kappa shape index (κ2) is 10.4. The van der Waals surface area contributed by atoms with Gasteiger partial charge in [-0.15, -0.1) is 10.2 Å². The number of hydrogen-bond donors (Lipinski definition) is 1. The summed E-state index contributed by atoms with van der Waals surface area (Å²) in [6.45, 7) is 5.86. The van der Waals surface area contributed by atoms with Crippen LogP contribution in [-0.4, -0.2) is 69.9 Å². The summed E-state index contributed by atoms with van der Waals surface area (Å²) in [5.41, 5.74) is 2.44. The number of benzene rings is 2. The zero-order valence-corrected chi connectivity index (χ0v) is 20.1. The molecule has 0 aliphatic carbocycles. The molecule has 0 spiro atoms. The van der Waals surface area contributed by atoms with Crippen LogP contribution in [0.1, 0.15) is 20.8 Å². The number of amides is 1. The molecule has 1 amide bonds. The lowest BCUT2D eigenvalue weighted by Gasteiger charge is -2.35. The quantitative estimate of drug-likeness (QED) is 0.319. The molecule has 1 saturated heterocycles. The largest absolute Gasteiger partial charge is 0.506 e. The highest BCUT2D eigenvalue weighted by Gasteiger charge is 2.25. The first-order valence-corrected chi connectivity index (χ1v) is 11.9. The summed E-state index contributed by atoms with van der Waals surface area (Å²) in [4.78, 5) is 33.4. The van der Waals surface area contributed by atoms with E-state index in [1.54, 1.807) is 24.4 Å². The van der Waals surface area contributed by atoms with Crippen molar-refractivity contribution in [2.24, 2.45) is 0 Å². The zero-order valence-electron chi connectivity index (χ0n) is 20.1. The number of pyridine rings is 1. The van der Waals surface area contributed by atoms with Crippen LogP contribution in [0.2, 0.25) is 0 Å². The van der Waals surface area contributed by atoms with Gasteiger partial charge in [0.15, 0.2) is 11.5 Å². The summed E-state index contributed by atoms with van der Waals surface area (Å²) in [5, 5.41) is 19.8. The van der Waals surface area contributed by atoms with Crippen molar-refractivity contribution in [3.05, 3.63) is 90.9 Å². The monoisotopic (exact) mass is 495 g/mol.